The standard InChI is InChI=1S/C6H7NO2/c8-4-6(9)5-1-2-7-3-5/h1-3,7-8H,4H2. The van der Waals surface area contributed by atoms with Crippen molar-refractivity contribution in [3.63, 3.8) is 0 Å². The normalized spacial score (nSPS) is 9.44. The first-order valence-corrected chi connectivity index (χ1v) is 2.61. The Kier molecular flexibility index (Phi) is 1.65. The van der Waals surface area contributed by atoms with Crippen LogP contribution in [-0.2, 0) is 0 Å². The van der Waals surface area contributed by atoms with E-state index in [0.717, 1.165) is 0 Å². The van der Waals surface area contributed by atoms with Gasteiger partial charge in [0, 0.05) is 18.0 Å². The van der Waals surface area contributed by atoms with Gasteiger partial charge in [0.15, 0.2) is 5.78 Å². The van der Waals surface area contributed by atoms with Crippen molar-refractivity contribution in [1.29, 1.82) is 0 Å². The predicted octanol–water partition coefficient (Wildman–Crippen LogP) is 0.190. The maximum absolute atomic E-state index is 10.6. The minimum atomic E-state index is -0.419. The van der Waals surface area contributed by atoms with Gasteiger partial charge in [-0.3, -0.25) is 4.79 Å². The zero-order valence-electron chi connectivity index (χ0n) is 4.79. The number of rotatable bonds is 2. The Labute approximate surface area is 52.3 Å². The van der Waals surface area contributed by atoms with E-state index in [2.05, 4.69) is 4.98 Å². The number of hydrogen-bond donors (Lipinski definition) is 2. The molecule has 1 aromatic heterocycles. The van der Waals surface area contributed by atoms with Gasteiger partial charge in [0.25, 0.3) is 0 Å². The smallest absolute Gasteiger partial charge is 0.189 e. The topological polar surface area (TPSA) is 53.1 Å². The molecule has 0 saturated carbocycles. The van der Waals surface area contributed by atoms with E-state index in [9.17, 15) is 4.79 Å². The summed E-state index contributed by atoms with van der Waals surface area (Å²) in [6.45, 7) is -0.419. The van der Waals surface area contributed by atoms with E-state index < -0.39 is 6.61 Å². The average Bonchev–Trinajstić information content (AvgIpc) is 2.37. The summed E-state index contributed by atoms with van der Waals surface area (Å²) >= 11 is 0. The van der Waals surface area contributed by atoms with Crippen LogP contribution in [0.15, 0.2) is 18.5 Å². The molecule has 0 radical (unpaired) electrons. The highest BCUT2D eigenvalue weighted by Gasteiger charge is 2.01. The maximum Gasteiger partial charge on any atom is 0.189 e. The number of H-pyrrole nitrogens is 1. The third-order valence-corrected chi connectivity index (χ3v) is 1.06. The largest absolute Gasteiger partial charge is 0.388 e. The van der Waals surface area contributed by atoms with E-state index in [4.69, 9.17) is 5.11 Å². The molecular formula is C6H7NO2. The minimum Gasteiger partial charge on any atom is -0.388 e. The summed E-state index contributed by atoms with van der Waals surface area (Å²) in [6.07, 6.45) is 3.20. The quantitative estimate of drug-likeness (QED) is 0.554. The lowest BCUT2D eigenvalue weighted by Gasteiger charge is -1.86. The van der Waals surface area contributed by atoms with E-state index in [1.54, 1.807) is 18.5 Å². The van der Waals surface area contributed by atoms with Crippen molar-refractivity contribution in [1.82, 2.24) is 4.98 Å². The van der Waals surface area contributed by atoms with Gasteiger partial charge in [-0.15, -0.1) is 0 Å². The Balaban J connectivity index is 2.77. The van der Waals surface area contributed by atoms with Crippen molar-refractivity contribution in [2.24, 2.45) is 0 Å². The summed E-state index contributed by atoms with van der Waals surface area (Å²) in [5.41, 5.74) is 0.525. The highest BCUT2D eigenvalue weighted by molar-refractivity contribution is 5.96. The van der Waals surface area contributed by atoms with Crippen LogP contribution in [-0.4, -0.2) is 22.5 Å². The van der Waals surface area contributed by atoms with Crippen LogP contribution in [0.1, 0.15) is 10.4 Å². The minimum absolute atomic E-state index is 0.253. The first-order chi connectivity index (χ1) is 4.34. The van der Waals surface area contributed by atoms with Crippen LogP contribution in [0.2, 0.25) is 0 Å². The summed E-state index contributed by atoms with van der Waals surface area (Å²) in [4.78, 5) is 13.3. The van der Waals surface area contributed by atoms with Crippen molar-refractivity contribution >= 4 is 5.78 Å². The van der Waals surface area contributed by atoms with Crippen LogP contribution < -0.4 is 0 Å². The number of aromatic amines is 1. The van der Waals surface area contributed by atoms with Crippen LogP contribution in [0.25, 0.3) is 0 Å². The molecule has 0 atom stereocenters. The van der Waals surface area contributed by atoms with E-state index in [0.29, 0.717) is 5.56 Å². The van der Waals surface area contributed by atoms with Crippen LogP contribution in [0.5, 0.6) is 0 Å². The molecule has 9 heavy (non-hydrogen) atoms. The van der Waals surface area contributed by atoms with Crippen LogP contribution in [0.4, 0.5) is 0 Å². The molecule has 0 unspecified atom stereocenters. The fourth-order valence-corrected chi connectivity index (χ4v) is 0.589. The van der Waals surface area contributed by atoms with Gasteiger partial charge in [0.2, 0.25) is 0 Å². The number of nitrogens with one attached hydrogen (secondary N) is 1. The molecule has 48 valence electrons. The lowest BCUT2D eigenvalue weighted by molar-refractivity contribution is 0.0904. The Bertz CT molecular complexity index is 191. The maximum atomic E-state index is 10.6. The van der Waals surface area contributed by atoms with Crippen molar-refractivity contribution in [2.45, 2.75) is 0 Å². The fourth-order valence-electron chi connectivity index (χ4n) is 0.589. The number of aromatic nitrogens is 1. The van der Waals surface area contributed by atoms with E-state index in [1.165, 1.54) is 0 Å². The fraction of sp³-hybridized carbons (Fsp3) is 0.167. The number of carbonyl (C=O) groups is 1. The summed E-state index contributed by atoms with van der Waals surface area (Å²) < 4.78 is 0. The zero-order valence-corrected chi connectivity index (χ0v) is 4.79. The average molecular weight is 125 g/mol. The van der Waals surface area contributed by atoms with Crippen LogP contribution in [0, 0.1) is 0 Å². The summed E-state index contributed by atoms with van der Waals surface area (Å²) in [7, 11) is 0. The van der Waals surface area contributed by atoms with Gasteiger partial charge in [-0.1, -0.05) is 0 Å². The summed E-state index contributed by atoms with van der Waals surface area (Å²) in [5, 5.41) is 8.34. The Morgan fingerprint density at radius 1 is 1.78 bits per heavy atom. The predicted molar refractivity (Wildman–Crippen MR) is 32.2 cm³/mol. The number of ketones is 1. The molecule has 0 fully saturated rings. The number of carbonyl (C=O) groups excluding carboxylic acids is 1. The highest BCUT2D eigenvalue weighted by Crippen LogP contribution is 1.95. The van der Waals surface area contributed by atoms with Crippen molar-refractivity contribution in [3.8, 4) is 0 Å². The molecule has 0 aromatic carbocycles. The lowest BCUT2D eigenvalue weighted by Crippen LogP contribution is -2.01. The molecule has 1 aromatic rings. The molecular weight excluding hydrogens is 118 g/mol. The second kappa shape index (κ2) is 2.46. The van der Waals surface area contributed by atoms with E-state index >= 15 is 0 Å². The van der Waals surface area contributed by atoms with Gasteiger partial charge >= 0.3 is 0 Å². The molecule has 0 saturated heterocycles. The third-order valence-electron chi connectivity index (χ3n) is 1.06. The number of hydrogen-bond acceptors (Lipinski definition) is 2. The van der Waals surface area contributed by atoms with Crippen LogP contribution in [0.3, 0.4) is 0 Å². The van der Waals surface area contributed by atoms with E-state index in [-0.39, 0.29) is 5.78 Å². The molecule has 3 heteroatoms. The van der Waals surface area contributed by atoms with Gasteiger partial charge in [-0.05, 0) is 6.07 Å². The van der Waals surface area contributed by atoms with Crippen molar-refractivity contribution in [3.05, 3.63) is 24.0 Å². The Morgan fingerprint density at radius 2 is 2.56 bits per heavy atom. The number of aliphatic hydroxyl groups is 1. The van der Waals surface area contributed by atoms with Gasteiger partial charge < -0.3 is 10.1 Å². The molecule has 3 nitrogen and oxygen atoms in total. The molecule has 1 rings (SSSR count). The number of aliphatic hydroxyl groups excluding tert-OH is 1. The van der Waals surface area contributed by atoms with Gasteiger partial charge in [0.05, 0.1) is 0 Å². The molecule has 0 aliphatic heterocycles. The summed E-state index contributed by atoms with van der Waals surface area (Å²) in [5.74, 6) is -0.253. The molecule has 0 aliphatic rings. The van der Waals surface area contributed by atoms with Crippen molar-refractivity contribution in [2.75, 3.05) is 6.61 Å². The zero-order chi connectivity index (χ0) is 6.69. The monoisotopic (exact) mass is 125 g/mol. The molecule has 0 bridgehead atoms. The molecule has 0 aliphatic carbocycles. The van der Waals surface area contributed by atoms with Crippen LogP contribution >= 0.6 is 0 Å². The van der Waals surface area contributed by atoms with Gasteiger partial charge in [-0.2, -0.15) is 0 Å². The highest BCUT2D eigenvalue weighted by atomic mass is 16.3. The third kappa shape index (κ3) is 1.17. The Hall–Kier alpha value is -1.09. The SMILES string of the molecule is O=C(CO)c1cc[nH]c1. The molecule has 1 heterocycles. The molecule has 0 spiro atoms. The van der Waals surface area contributed by atoms with Crippen molar-refractivity contribution < 1.29 is 9.90 Å². The van der Waals surface area contributed by atoms with Gasteiger partial charge in [0.1, 0.15) is 6.61 Å². The Morgan fingerprint density at radius 3 is 3.00 bits per heavy atom. The number of Topliss-reactive ketones (excluding diaryl/α,β-unsaturated/α-hetero) is 1. The second-order valence-electron chi connectivity index (χ2n) is 1.68. The first-order valence-electron chi connectivity index (χ1n) is 2.61. The first kappa shape index (κ1) is 6.04. The lowest BCUT2D eigenvalue weighted by atomic mass is 10.2. The molecule has 0 amide bonds. The molecule has 2 N–H and O–H groups in total. The second-order valence-corrected chi connectivity index (χ2v) is 1.68. The van der Waals surface area contributed by atoms with E-state index in [1.807, 2.05) is 0 Å². The summed E-state index contributed by atoms with van der Waals surface area (Å²) in [6, 6.07) is 1.62. The van der Waals surface area contributed by atoms with Gasteiger partial charge in [-0.25, -0.2) is 0 Å².